The van der Waals surface area contributed by atoms with Gasteiger partial charge in [0, 0.05) is 44.6 Å². The van der Waals surface area contributed by atoms with Crippen LogP contribution in [0.5, 0.6) is 0 Å². The Labute approximate surface area is 185 Å². The summed E-state index contributed by atoms with van der Waals surface area (Å²) in [6.45, 7) is 2.24. The fraction of sp³-hybridized carbons (Fsp3) is 0.429. The highest BCUT2D eigenvalue weighted by atomic mass is 35.5. The summed E-state index contributed by atoms with van der Waals surface area (Å²) in [5, 5.41) is 23.2. The highest BCUT2D eigenvalue weighted by molar-refractivity contribution is 7.09. The van der Waals surface area contributed by atoms with Crippen molar-refractivity contribution in [3.63, 3.8) is 0 Å². The fourth-order valence-electron chi connectivity index (χ4n) is 3.40. The minimum Gasteiger partial charge on any atom is -0.380 e. The van der Waals surface area contributed by atoms with Crippen LogP contribution in [-0.4, -0.2) is 83.8 Å². The first-order valence-electron chi connectivity index (χ1n) is 9.80. The zero-order valence-electron chi connectivity index (χ0n) is 16.8. The molecule has 9 heteroatoms. The summed E-state index contributed by atoms with van der Waals surface area (Å²) >= 11 is 7.83. The molecular weight excluding hydrogens is 426 g/mol. The van der Waals surface area contributed by atoms with Gasteiger partial charge in [-0.2, -0.15) is 0 Å². The van der Waals surface area contributed by atoms with E-state index in [9.17, 15) is 19.8 Å². The van der Waals surface area contributed by atoms with E-state index < -0.39 is 24.0 Å². The lowest BCUT2D eigenvalue weighted by atomic mass is 10.1. The number of hydrogen-bond acceptors (Lipinski definition) is 6. The van der Waals surface area contributed by atoms with Crippen molar-refractivity contribution in [2.24, 2.45) is 0 Å². The molecule has 0 unspecified atom stereocenters. The highest BCUT2D eigenvalue weighted by Gasteiger charge is 2.36. The number of rotatable bonds is 7. The third-order valence-electron chi connectivity index (χ3n) is 5.24. The van der Waals surface area contributed by atoms with E-state index in [-0.39, 0.29) is 0 Å². The zero-order chi connectivity index (χ0) is 21.7. The lowest BCUT2D eigenvalue weighted by molar-refractivity contribution is -0.157. The molecule has 1 aliphatic rings. The minimum atomic E-state index is -1.78. The maximum Gasteiger partial charge on any atom is 0.254 e. The van der Waals surface area contributed by atoms with Crippen LogP contribution in [0.15, 0.2) is 41.8 Å². The minimum absolute atomic E-state index is 0.371. The average molecular weight is 452 g/mol. The van der Waals surface area contributed by atoms with Gasteiger partial charge in [-0.1, -0.05) is 29.8 Å². The van der Waals surface area contributed by atoms with E-state index in [0.29, 0.717) is 44.2 Å². The average Bonchev–Trinajstić information content (AvgIpc) is 3.29. The molecule has 0 aliphatic carbocycles. The summed E-state index contributed by atoms with van der Waals surface area (Å²) in [5.74, 6) is -1.30. The van der Waals surface area contributed by atoms with E-state index in [0.717, 1.165) is 10.6 Å². The van der Waals surface area contributed by atoms with Crippen LogP contribution in [0, 0.1) is 0 Å². The Hall–Kier alpha value is -2.13. The first-order valence-corrected chi connectivity index (χ1v) is 11.1. The van der Waals surface area contributed by atoms with Crippen LogP contribution in [0.4, 0.5) is 5.69 Å². The number of likely N-dealkylation sites (N-methyl/N-ethyl adjacent to an activating group) is 1. The van der Waals surface area contributed by atoms with Crippen molar-refractivity contribution < 1.29 is 19.8 Å². The molecule has 162 valence electrons. The molecule has 1 aliphatic heterocycles. The molecule has 30 heavy (non-hydrogen) atoms. The second-order valence-corrected chi connectivity index (χ2v) is 8.68. The van der Waals surface area contributed by atoms with Gasteiger partial charge in [0.2, 0.25) is 0 Å². The number of piperazine rings is 1. The Bertz CT molecular complexity index is 856. The molecule has 0 spiro atoms. The molecule has 2 atom stereocenters. The Kier molecular flexibility index (Phi) is 7.71. The Balaban J connectivity index is 1.51. The van der Waals surface area contributed by atoms with E-state index in [1.165, 1.54) is 9.80 Å². The van der Waals surface area contributed by atoms with Gasteiger partial charge in [0.05, 0.1) is 10.7 Å². The van der Waals surface area contributed by atoms with E-state index in [2.05, 4.69) is 4.90 Å². The third kappa shape index (κ3) is 5.31. The summed E-state index contributed by atoms with van der Waals surface area (Å²) in [4.78, 5) is 31.1. The first-order chi connectivity index (χ1) is 14.4. The summed E-state index contributed by atoms with van der Waals surface area (Å²) in [5.41, 5.74) is 0.898. The number of anilines is 1. The number of aliphatic hydroxyl groups excluding tert-OH is 2. The number of hydrogen-bond donors (Lipinski definition) is 2. The first kappa shape index (κ1) is 22.6. The molecule has 0 saturated carbocycles. The maximum absolute atomic E-state index is 12.6. The molecule has 2 amide bonds. The van der Waals surface area contributed by atoms with Gasteiger partial charge in [0.25, 0.3) is 11.8 Å². The molecule has 0 bridgehead atoms. The summed E-state index contributed by atoms with van der Waals surface area (Å²) < 4.78 is 0. The summed E-state index contributed by atoms with van der Waals surface area (Å²) in [6, 6.07) is 11.4. The van der Waals surface area contributed by atoms with Gasteiger partial charge in [0.1, 0.15) is 0 Å². The van der Waals surface area contributed by atoms with Crippen LogP contribution in [0.25, 0.3) is 0 Å². The van der Waals surface area contributed by atoms with Gasteiger partial charge in [0.15, 0.2) is 12.2 Å². The van der Waals surface area contributed by atoms with Crippen LogP contribution in [0.3, 0.4) is 0 Å². The van der Waals surface area contributed by atoms with E-state index in [4.69, 9.17) is 11.6 Å². The van der Waals surface area contributed by atoms with Crippen molar-refractivity contribution in [2.75, 3.05) is 44.7 Å². The van der Waals surface area contributed by atoms with Crippen LogP contribution in [0.1, 0.15) is 4.88 Å². The monoisotopic (exact) mass is 451 g/mol. The van der Waals surface area contributed by atoms with Gasteiger partial charge >= 0.3 is 0 Å². The van der Waals surface area contributed by atoms with Crippen LogP contribution in [-0.2, 0) is 16.0 Å². The lowest BCUT2D eigenvalue weighted by Gasteiger charge is -2.37. The second kappa shape index (κ2) is 10.3. The third-order valence-corrected chi connectivity index (χ3v) is 6.50. The number of halogens is 1. The largest absolute Gasteiger partial charge is 0.380 e. The quantitative estimate of drug-likeness (QED) is 0.666. The lowest BCUT2D eigenvalue weighted by Crippen LogP contribution is -2.56. The van der Waals surface area contributed by atoms with E-state index >= 15 is 0 Å². The van der Waals surface area contributed by atoms with Gasteiger partial charge < -0.3 is 24.9 Å². The summed E-state index contributed by atoms with van der Waals surface area (Å²) in [7, 11) is 1.55. The molecular formula is C21H26ClN3O4S. The van der Waals surface area contributed by atoms with Gasteiger partial charge in [-0.15, -0.1) is 11.3 Å². The number of benzene rings is 1. The normalized spacial score (nSPS) is 16.3. The van der Waals surface area contributed by atoms with Crippen LogP contribution < -0.4 is 4.90 Å². The molecule has 1 fully saturated rings. The maximum atomic E-state index is 12.6. The molecule has 3 rings (SSSR count). The molecule has 1 aromatic heterocycles. The number of carbonyl (C=O) groups is 2. The van der Waals surface area contributed by atoms with Gasteiger partial charge in [-0.25, -0.2) is 0 Å². The molecule has 2 aromatic rings. The van der Waals surface area contributed by atoms with E-state index in [1.807, 2.05) is 41.8 Å². The fourth-order valence-corrected chi connectivity index (χ4v) is 4.36. The van der Waals surface area contributed by atoms with Gasteiger partial charge in [-0.05, 0) is 30.0 Å². The van der Waals surface area contributed by atoms with Crippen LogP contribution >= 0.6 is 22.9 Å². The Morgan fingerprint density at radius 3 is 2.43 bits per heavy atom. The van der Waals surface area contributed by atoms with E-state index in [1.54, 1.807) is 18.4 Å². The predicted octanol–water partition coefficient (Wildman–Crippen LogP) is 1.47. The molecule has 1 saturated heterocycles. The number of thiophene rings is 1. The number of aliphatic hydroxyl groups is 2. The number of amides is 2. The van der Waals surface area contributed by atoms with Crippen molar-refractivity contribution in [1.29, 1.82) is 0 Å². The van der Waals surface area contributed by atoms with Crippen molar-refractivity contribution in [3.05, 3.63) is 51.7 Å². The van der Waals surface area contributed by atoms with Gasteiger partial charge in [-0.3, -0.25) is 9.59 Å². The second-order valence-electron chi connectivity index (χ2n) is 7.24. The standard InChI is InChI=1S/C21H26ClN3O4S/c1-23(9-8-15-5-4-14-30-15)20(28)18(26)19(27)21(29)25-12-10-24(11-13-25)17-7-3-2-6-16(17)22/h2-7,14,18-19,26-27H,8-13H2,1H3/t18-,19-/m1/s1. The van der Waals surface area contributed by atoms with Crippen LogP contribution in [0.2, 0.25) is 5.02 Å². The number of nitrogens with zero attached hydrogens (tertiary/aromatic N) is 3. The number of carbonyl (C=O) groups excluding carboxylic acids is 2. The predicted molar refractivity (Wildman–Crippen MR) is 118 cm³/mol. The Morgan fingerprint density at radius 1 is 1.10 bits per heavy atom. The van der Waals surface area contributed by atoms with Crippen molar-refractivity contribution in [3.8, 4) is 0 Å². The smallest absolute Gasteiger partial charge is 0.254 e. The zero-order valence-corrected chi connectivity index (χ0v) is 18.3. The Morgan fingerprint density at radius 2 is 1.80 bits per heavy atom. The molecule has 2 N–H and O–H groups in total. The molecule has 2 heterocycles. The molecule has 1 aromatic carbocycles. The number of para-hydroxylation sites is 1. The topological polar surface area (TPSA) is 84.3 Å². The molecule has 7 nitrogen and oxygen atoms in total. The summed E-state index contributed by atoms with van der Waals surface area (Å²) in [6.07, 6.45) is -2.92. The van der Waals surface area contributed by atoms with Crippen molar-refractivity contribution in [1.82, 2.24) is 9.80 Å². The SMILES string of the molecule is CN(CCc1cccs1)C(=O)[C@H](O)[C@@H](O)C(=O)N1CCN(c2ccccc2Cl)CC1. The highest BCUT2D eigenvalue weighted by Crippen LogP contribution is 2.26. The van der Waals surface area contributed by atoms with Crippen molar-refractivity contribution >= 4 is 40.4 Å². The molecule has 0 radical (unpaired) electrons. The van der Waals surface area contributed by atoms with Crippen molar-refractivity contribution in [2.45, 2.75) is 18.6 Å².